The van der Waals surface area contributed by atoms with Gasteiger partial charge in [-0.15, -0.1) is 0 Å². The van der Waals surface area contributed by atoms with Gasteiger partial charge in [0.2, 0.25) is 0 Å². The van der Waals surface area contributed by atoms with Gasteiger partial charge in [-0.3, -0.25) is 0 Å². The molecule has 1 heterocycles. The lowest BCUT2D eigenvalue weighted by Gasteiger charge is -2.22. The predicted octanol–water partition coefficient (Wildman–Crippen LogP) is 3.32. The fourth-order valence-electron chi connectivity index (χ4n) is 2.46. The number of aryl methyl sites for hydroxylation is 1. The van der Waals surface area contributed by atoms with E-state index in [1.54, 1.807) is 0 Å². The summed E-state index contributed by atoms with van der Waals surface area (Å²) in [5, 5.41) is 10.1. The smallest absolute Gasteiger partial charge is 0.110 e. The van der Waals surface area contributed by atoms with E-state index in [1.165, 1.54) is 0 Å². The molecule has 3 nitrogen and oxygen atoms in total. The molecule has 0 radical (unpaired) electrons. The minimum Gasteiger partial charge on any atom is -0.391 e. The molecule has 1 aromatic heterocycles. The minimum atomic E-state index is -0.321. The third-order valence-electron chi connectivity index (χ3n) is 3.52. The topological polar surface area (TPSA) is 38.0 Å². The van der Waals surface area contributed by atoms with Crippen molar-refractivity contribution in [3.8, 4) is 0 Å². The summed E-state index contributed by atoms with van der Waals surface area (Å²) in [4.78, 5) is 4.69. The summed E-state index contributed by atoms with van der Waals surface area (Å²) < 4.78 is 2.20. The number of hydrogen-bond acceptors (Lipinski definition) is 2. The number of hydrogen-bond donors (Lipinski definition) is 1. The Hall–Kier alpha value is -1.35. The highest BCUT2D eigenvalue weighted by molar-refractivity contribution is 5.76. The zero-order valence-corrected chi connectivity index (χ0v) is 11.4. The predicted molar refractivity (Wildman–Crippen MR) is 74.7 cm³/mol. The summed E-state index contributed by atoms with van der Waals surface area (Å²) in [5.41, 5.74) is 2.15. The van der Waals surface area contributed by atoms with Crippen molar-refractivity contribution in [1.82, 2.24) is 9.55 Å². The van der Waals surface area contributed by atoms with Crippen molar-refractivity contribution in [3.05, 3.63) is 30.1 Å². The first-order chi connectivity index (χ1) is 8.69. The Morgan fingerprint density at radius 2 is 2.00 bits per heavy atom. The third kappa shape index (κ3) is 2.27. The first-order valence-electron chi connectivity index (χ1n) is 6.82. The summed E-state index contributed by atoms with van der Waals surface area (Å²) in [6.07, 6.45) is 2.46. The Morgan fingerprint density at radius 3 is 2.67 bits per heavy atom. The lowest BCUT2D eigenvalue weighted by molar-refractivity contribution is 0.117. The fraction of sp³-hybridized carbons (Fsp3) is 0.533. The molecule has 2 aromatic rings. The highest BCUT2D eigenvalue weighted by Crippen LogP contribution is 2.24. The summed E-state index contributed by atoms with van der Waals surface area (Å²) in [7, 11) is 0. The average molecular weight is 246 g/mol. The van der Waals surface area contributed by atoms with Crippen molar-refractivity contribution in [3.63, 3.8) is 0 Å². The molecular weight excluding hydrogens is 224 g/mol. The second kappa shape index (κ2) is 5.53. The summed E-state index contributed by atoms with van der Waals surface area (Å²) >= 11 is 0. The number of fused-ring (bicyclic) bond motifs is 1. The van der Waals surface area contributed by atoms with Crippen LogP contribution in [0, 0.1) is 0 Å². The lowest BCUT2D eigenvalue weighted by Crippen LogP contribution is -2.22. The Labute approximate surface area is 108 Å². The minimum absolute atomic E-state index is 0.0731. The van der Waals surface area contributed by atoms with Gasteiger partial charge in [0.25, 0.3) is 0 Å². The number of aromatic nitrogens is 2. The molecule has 0 saturated heterocycles. The number of para-hydroxylation sites is 2. The second-order valence-corrected chi connectivity index (χ2v) is 4.85. The number of rotatable bonds is 5. The first-order valence-corrected chi connectivity index (χ1v) is 6.82. The van der Waals surface area contributed by atoms with E-state index in [4.69, 9.17) is 4.98 Å². The zero-order chi connectivity index (χ0) is 13.1. The van der Waals surface area contributed by atoms with E-state index in [9.17, 15) is 5.11 Å². The van der Waals surface area contributed by atoms with Gasteiger partial charge in [-0.05, 0) is 31.9 Å². The Kier molecular flexibility index (Phi) is 4.02. The first kappa shape index (κ1) is 13.1. The maximum absolute atomic E-state index is 10.1. The Morgan fingerprint density at radius 1 is 1.28 bits per heavy atom. The number of imidazole rings is 1. The van der Waals surface area contributed by atoms with Crippen LogP contribution in [-0.2, 0) is 6.42 Å². The van der Waals surface area contributed by atoms with Crippen LogP contribution in [0.3, 0.4) is 0 Å². The molecule has 2 atom stereocenters. The van der Waals surface area contributed by atoms with Gasteiger partial charge in [-0.2, -0.15) is 0 Å². The Bertz CT molecular complexity index is 518. The van der Waals surface area contributed by atoms with Gasteiger partial charge in [0.05, 0.1) is 23.2 Å². The van der Waals surface area contributed by atoms with Gasteiger partial charge >= 0.3 is 0 Å². The van der Waals surface area contributed by atoms with E-state index >= 15 is 0 Å². The number of benzene rings is 1. The number of aliphatic hydroxyl groups is 1. The third-order valence-corrected chi connectivity index (χ3v) is 3.52. The highest BCUT2D eigenvalue weighted by Gasteiger charge is 2.20. The maximum Gasteiger partial charge on any atom is 0.110 e. The molecule has 0 amide bonds. The van der Waals surface area contributed by atoms with Crippen LogP contribution >= 0.6 is 0 Å². The second-order valence-electron chi connectivity index (χ2n) is 4.85. The van der Waals surface area contributed by atoms with E-state index in [0.29, 0.717) is 0 Å². The highest BCUT2D eigenvalue weighted by atomic mass is 16.3. The normalized spacial score (nSPS) is 14.9. The van der Waals surface area contributed by atoms with Crippen LogP contribution < -0.4 is 0 Å². The van der Waals surface area contributed by atoms with Crippen molar-refractivity contribution in [2.24, 2.45) is 0 Å². The summed E-state index contributed by atoms with van der Waals surface area (Å²) in [6, 6.07) is 8.23. The van der Waals surface area contributed by atoms with Crippen LogP contribution in [0.25, 0.3) is 11.0 Å². The van der Waals surface area contributed by atoms with Crippen molar-refractivity contribution in [2.75, 3.05) is 0 Å². The summed E-state index contributed by atoms with van der Waals surface area (Å²) in [5.74, 6) is 1.08. The number of aliphatic hydroxyl groups excluding tert-OH is 1. The molecule has 18 heavy (non-hydrogen) atoms. The van der Waals surface area contributed by atoms with Gasteiger partial charge in [0, 0.05) is 6.42 Å². The largest absolute Gasteiger partial charge is 0.391 e. The van der Waals surface area contributed by atoms with Gasteiger partial charge in [-0.1, -0.05) is 26.0 Å². The van der Waals surface area contributed by atoms with Crippen molar-refractivity contribution in [1.29, 1.82) is 0 Å². The van der Waals surface area contributed by atoms with Gasteiger partial charge in [0.1, 0.15) is 5.82 Å². The average Bonchev–Trinajstić information content (AvgIpc) is 2.75. The molecule has 0 bridgehead atoms. The molecule has 0 fully saturated rings. The molecule has 0 saturated carbocycles. The Balaban J connectivity index is 2.54. The van der Waals surface area contributed by atoms with E-state index in [2.05, 4.69) is 24.5 Å². The van der Waals surface area contributed by atoms with Crippen LogP contribution in [0.15, 0.2) is 24.3 Å². The molecule has 3 heteroatoms. The van der Waals surface area contributed by atoms with Gasteiger partial charge < -0.3 is 9.67 Å². The van der Waals surface area contributed by atoms with Gasteiger partial charge in [0.15, 0.2) is 0 Å². The quantitative estimate of drug-likeness (QED) is 0.878. The van der Waals surface area contributed by atoms with Crippen LogP contribution in [0.1, 0.15) is 45.5 Å². The fourth-order valence-corrected chi connectivity index (χ4v) is 2.46. The SMILES string of the molecule is CCCc1nc2ccccc2n1C(C)C(O)CC. The maximum atomic E-state index is 10.1. The van der Waals surface area contributed by atoms with Crippen molar-refractivity contribution in [2.45, 2.75) is 52.2 Å². The monoisotopic (exact) mass is 246 g/mol. The van der Waals surface area contributed by atoms with Crippen LogP contribution in [0.4, 0.5) is 0 Å². The number of nitrogens with zero attached hydrogens (tertiary/aromatic N) is 2. The standard InChI is InChI=1S/C15H22N2O/c1-4-8-15-16-12-9-6-7-10-13(12)17(15)11(3)14(18)5-2/h6-7,9-11,14,18H,4-5,8H2,1-3H3. The molecule has 0 aliphatic rings. The molecule has 1 aromatic carbocycles. The molecule has 1 N–H and O–H groups in total. The lowest BCUT2D eigenvalue weighted by atomic mass is 10.1. The van der Waals surface area contributed by atoms with E-state index < -0.39 is 0 Å². The molecule has 2 unspecified atom stereocenters. The van der Waals surface area contributed by atoms with E-state index in [1.807, 2.05) is 25.1 Å². The molecule has 0 aliphatic carbocycles. The summed E-state index contributed by atoms with van der Waals surface area (Å²) in [6.45, 7) is 6.24. The van der Waals surface area contributed by atoms with Crippen molar-refractivity contribution >= 4 is 11.0 Å². The van der Waals surface area contributed by atoms with Crippen LogP contribution in [0.2, 0.25) is 0 Å². The van der Waals surface area contributed by atoms with E-state index in [-0.39, 0.29) is 12.1 Å². The van der Waals surface area contributed by atoms with Crippen molar-refractivity contribution < 1.29 is 5.11 Å². The van der Waals surface area contributed by atoms with E-state index in [0.717, 1.165) is 36.1 Å². The molecule has 98 valence electrons. The zero-order valence-electron chi connectivity index (χ0n) is 11.4. The molecule has 0 spiro atoms. The van der Waals surface area contributed by atoms with Gasteiger partial charge in [-0.25, -0.2) is 4.98 Å². The molecule has 0 aliphatic heterocycles. The van der Waals surface area contributed by atoms with Crippen LogP contribution in [-0.4, -0.2) is 20.8 Å². The molecule has 2 rings (SSSR count). The molecular formula is C15H22N2O. The van der Waals surface area contributed by atoms with Crippen LogP contribution in [0.5, 0.6) is 0 Å².